The topological polar surface area (TPSA) is 58.6 Å². The van der Waals surface area contributed by atoms with Gasteiger partial charge in [-0.15, -0.1) is 0 Å². The Bertz CT molecular complexity index is 703. The van der Waals surface area contributed by atoms with Crippen molar-refractivity contribution in [3.8, 4) is 5.75 Å². The van der Waals surface area contributed by atoms with Crippen molar-refractivity contribution in [2.24, 2.45) is 17.3 Å². The summed E-state index contributed by atoms with van der Waals surface area (Å²) >= 11 is 0. The first-order valence-corrected chi connectivity index (χ1v) is 10.8. The number of fused-ring (bicyclic) bond motifs is 5. The number of alkyl carbamates (subject to hydrolysis) is 1. The number of carbonyl (C=O) groups excluding carboxylic acids is 1. The Kier molecular flexibility index (Phi) is 5.09. The van der Waals surface area contributed by atoms with E-state index >= 15 is 0 Å². The first-order chi connectivity index (χ1) is 13.0. The molecule has 0 aliphatic heterocycles. The van der Waals surface area contributed by atoms with Crippen LogP contribution in [0.25, 0.3) is 0 Å². The summed E-state index contributed by atoms with van der Waals surface area (Å²) < 4.78 is 5.91. The molecule has 0 saturated heterocycles. The third-order valence-electron chi connectivity index (χ3n) is 7.67. The van der Waals surface area contributed by atoms with Crippen molar-refractivity contribution in [3.05, 3.63) is 29.3 Å². The van der Waals surface area contributed by atoms with E-state index in [1.807, 2.05) is 12.1 Å². The highest BCUT2D eigenvalue weighted by Crippen LogP contribution is 2.61. The molecule has 0 spiro atoms. The van der Waals surface area contributed by atoms with Gasteiger partial charge in [0.05, 0.1) is 0 Å². The molecule has 27 heavy (non-hydrogen) atoms. The summed E-state index contributed by atoms with van der Waals surface area (Å²) in [5.41, 5.74) is 2.89. The molecular weight excluding hydrogens is 338 g/mol. The molecule has 3 aliphatic rings. The molecule has 4 heteroatoms. The van der Waals surface area contributed by atoms with Crippen LogP contribution in [0.15, 0.2) is 18.2 Å². The zero-order chi connectivity index (χ0) is 19.0. The number of ether oxygens (including phenoxy) is 1. The largest absolute Gasteiger partial charge is 0.508 e. The summed E-state index contributed by atoms with van der Waals surface area (Å²) in [5, 5.41) is 12.7. The zero-order valence-electron chi connectivity index (χ0n) is 16.7. The van der Waals surface area contributed by atoms with Gasteiger partial charge < -0.3 is 15.2 Å². The minimum Gasteiger partial charge on any atom is -0.508 e. The van der Waals surface area contributed by atoms with Gasteiger partial charge in [0.2, 0.25) is 0 Å². The fourth-order valence-electron chi connectivity index (χ4n) is 6.25. The van der Waals surface area contributed by atoms with Crippen LogP contribution in [0.5, 0.6) is 5.75 Å². The van der Waals surface area contributed by atoms with Crippen LogP contribution < -0.4 is 5.32 Å². The maximum Gasteiger partial charge on any atom is 0.407 e. The smallest absolute Gasteiger partial charge is 0.407 e. The number of carbonyl (C=O) groups is 1. The van der Waals surface area contributed by atoms with Crippen molar-refractivity contribution < 1.29 is 14.6 Å². The molecule has 2 fully saturated rings. The second-order valence-corrected chi connectivity index (χ2v) is 9.09. The molecule has 2 N–H and O–H groups in total. The van der Waals surface area contributed by atoms with Crippen LogP contribution in [0.2, 0.25) is 0 Å². The molecule has 2 saturated carbocycles. The van der Waals surface area contributed by atoms with Gasteiger partial charge in [0.15, 0.2) is 0 Å². The van der Waals surface area contributed by atoms with Crippen molar-refractivity contribution in [1.82, 2.24) is 5.32 Å². The van der Waals surface area contributed by atoms with Crippen molar-refractivity contribution >= 4 is 6.09 Å². The van der Waals surface area contributed by atoms with E-state index in [4.69, 9.17) is 4.74 Å². The Balaban J connectivity index is 1.47. The van der Waals surface area contributed by atoms with Gasteiger partial charge in [0.25, 0.3) is 0 Å². The molecule has 3 aliphatic carbocycles. The number of nitrogens with one attached hydrogen (secondary N) is 1. The van der Waals surface area contributed by atoms with Gasteiger partial charge in [-0.25, -0.2) is 4.79 Å². The predicted molar refractivity (Wildman–Crippen MR) is 106 cm³/mol. The lowest BCUT2D eigenvalue weighted by Crippen LogP contribution is -2.46. The first-order valence-electron chi connectivity index (χ1n) is 10.8. The lowest BCUT2D eigenvalue weighted by atomic mass is 9.55. The standard InChI is InChI=1S/C23H33NO3/c1-3-4-13-24-22(26)27-21-10-9-20-19-7-5-15-14-16(25)6-8-17(15)18(19)11-12-23(20,21)2/h6,8,14,18-21,25H,3-5,7,9-13H2,1-2H3,(H,24,26). The molecule has 0 aromatic heterocycles. The van der Waals surface area contributed by atoms with Gasteiger partial charge in [-0.2, -0.15) is 0 Å². The van der Waals surface area contributed by atoms with Crippen LogP contribution in [-0.2, 0) is 11.2 Å². The van der Waals surface area contributed by atoms with Crippen LogP contribution in [0.4, 0.5) is 4.79 Å². The summed E-state index contributed by atoms with van der Waals surface area (Å²) in [6, 6.07) is 5.95. The number of amides is 1. The number of phenolic OH excluding ortho intramolecular Hbond substituents is 1. The van der Waals surface area contributed by atoms with Crippen LogP contribution in [0.3, 0.4) is 0 Å². The molecule has 5 atom stereocenters. The van der Waals surface area contributed by atoms with Gasteiger partial charge in [-0.1, -0.05) is 26.3 Å². The highest BCUT2D eigenvalue weighted by atomic mass is 16.6. The Hall–Kier alpha value is -1.71. The average Bonchev–Trinajstić information content (AvgIpc) is 2.98. The van der Waals surface area contributed by atoms with Gasteiger partial charge in [-0.05, 0) is 86.0 Å². The molecule has 1 aromatic carbocycles. The van der Waals surface area contributed by atoms with Crippen molar-refractivity contribution in [3.63, 3.8) is 0 Å². The van der Waals surface area contributed by atoms with Gasteiger partial charge in [0, 0.05) is 12.0 Å². The molecule has 0 bridgehead atoms. The van der Waals surface area contributed by atoms with E-state index in [-0.39, 0.29) is 17.6 Å². The summed E-state index contributed by atoms with van der Waals surface area (Å²) in [7, 11) is 0. The summed E-state index contributed by atoms with van der Waals surface area (Å²) in [4.78, 5) is 12.2. The highest BCUT2D eigenvalue weighted by Gasteiger charge is 2.56. The molecule has 0 heterocycles. The third-order valence-corrected chi connectivity index (χ3v) is 7.67. The Morgan fingerprint density at radius 2 is 2.15 bits per heavy atom. The number of hydrogen-bond donors (Lipinski definition) is 2. The lowest BCUT2D eigenvalue weighted by molar-refractivity contribution is -0.0314. The molecule has 4 rings (SSSR count). The van der Waals surface area contributed by atoms with E-state index in [0.29, 0.717) is 30.0 Å². The van der Waals surface area contributed by atoms with Gasteiger partial charge in [0.1, 0.15) is 11.9 Å². The van der Waals surface area contributed by atoms with E-state index in [1.54, 1.807) is 0 Å². The Labute approximate surface area is 162 Å². The maximum atomic E-state index is 12.2. The van der Waals surface area contributed by atoms with Crippen LogP contribution in [0.1, 0.15) is 75.8 Å². The molecular formula is C23H33NO3. The second-order valence-electron chi connectivity index (χ2n) is 9.09. The second kappa shape index (κ2) is 7.37. The fraction of sp³-hybridized carbons (Fsp3) is 0.696. The van der Waals surface area contributed by atoms with Crippen molar-refractivity contribution in [2.75, 3.05) is 6.54 Å². The molecule has 0 radical (unpaired) electrons. The SMILES string of the molecule is CCCCNC(=O)OC1CCC2C3CCc4cc(O)ccc4C3CCC12C. The average molecular weight is 372 g/mol. The van der Waals surface area contributed by atoms with Crippen LogP contribution in [0, 0.1) is 17.3 Å². The van der Waals surface area contributed by atoms with Crippen molar-refractivity contribution in [1.29, 1.82) is 0 Å². The molecule has 1 amide bonds. The summed E-state index contributed by atoms with van der Waals surface area (Å²) in [6.45, 7) is 5.19. The van der Waals surface area contributed by atoms with Crippen LogP contribution >= 0.6 is 0 Å². The number of hydrogen-bond acceptors (Lipinski definition) is 3. The highest BCUT2D eigenvalue weighted by molar-refractivity contribution is 5.67. The van der Waals surface area contributed by atoms with Gasteiger partial charge >= 0.3 is 6.09 Å². The number of rotatable bonds is 4. The minimum atomic E-state index is -0.234. The number of phenols is 1. The third kappa shape index (κ3) is 3.32. The fourth-order valence-corrected chi connectivity index (χ4v) is 6.25. The van der Waals surface area contributed by atoms with Crippen LogP contribution in [-0.4, -0.2) is 23.8 Å². The number of unbranched alkanes of at least 4 members (excludes halogenated alkanes) is 1. The normalized spacial score (nSPS) is 34.3. The first kappa shape index (κ1) is 18.6. The number of benzene rings is 1. The number of aromatic hydroxyl groups is 1. The van der Waals surface area contributed by atoms with E-state index in [9.17, 15) is 9.90 Å². The molecule has 148 valence electrons. The lowest BCUT2D eigenvalue weighted by Gasteiger charge is -2.50. The number of aryl methyl sites for hydroxylation is 1. The van der Waals surface area contributed by atoms with E-state index < -0.39 is 0 Å². The maximum absolute atomic E-state index is 12.2. The monoisotopic (exact) mass is 371 g/mol. The minimum absolute atomic E-state index is 0.0475. The Morgan fingerprint density at radius 3 is 2.96 bits per heavy atom. The van der Waals surface area contributed by atoms with E-state index in [2.05, 4.69) is 25.2 Å². The summed E-state index contributed by atoms with van der Waals surface area (Å²) in [5.74, 6) is 2.30. The van der Waals surface area contributed by atoms with Gasteiger partial charge in [-0.3, -0.25) is 0 Å². The Morgan fingerprint density at radius 1 is 1.30 bits per heavy atom. The van der Waals surface area contributed by atoms with E-state index in [1.165, 1.54) is 17.5 Å². The zero-order valence-corrected chi connectivity index (χ0v) is 16.7. The molecule has 1 aromatic rings. The molecule has 4 nitrogen and oxygen atoms in total. The molecule has 5 unspecified atom stereocenters. The van der Waals surface area contributed by atoms with Crippen molar-refractivity contribution in [2.45, 2.75) is 77.2 Å². The predicted octanol–water partition coefficient (Wildman–Crippen LogP) is 5.14. The summed E-state index contributed by atoms with van der Waals surface area (Å²) in [6.07, 6.45) is 8.57. The quantitative estimate of drug-likeness (QED) is 0.720. The van der Waals surface area contributed by atoms with E-state index in [0.717, 1.165) is 44.9 Å².